The minimum absolute atomic E-state index is 0. The summed E-state index contributed by atoms with van der Waals surface area (Å²) in [4.78, 5) is 12.4. The zero-order valence-electron chi connectivity index (χ0n) is 14.3. The number of fused-ring (bicyclic) bond motifs is 1. The average Bonchev–Trinajstić information content (AvgIpc) is 2.99. The van der Waals surface area contributed by atoms with E-state index < -0.39 is 6.04 Å². The monoisotopic (exact) mass is 358 g/mol. The molecule has 25 heavy (non-hydrogen) atoms. The Morgan fingerprint density at radius 2 is 1.92 bits per heavy atom. The van der Waals surface area contributed by atoms with Gasteiger partial charge in [0, 0.05) is 17.1 Å². The van der Waals surface area contributed by atoms with Gasteiger partial charge in [-0.1, -0.05) is 30.3 Å². The quantitative estimate of drug-likeness (QED) is 0.732. The first-order valence-electron chi connectivity index (χ1n) is 8.12. The lowest BCUT2D eigenvalue weighted by atomic mass is 10.1. The van der Waals surface area contributed by atoms with Gasteiger partial charge >= 0.3 is 0 Å². The molecule has 0 aliphatic rings. The maximum atomic E-state index is 12.4. The van der Waals surface area contributed by atoms with Gasteiger partial charge in [0.25, 0.3) is 0 Å². The molecule has 6 heteroatoms. The van der Waals surface area contributed by atoms with Crippen LogP contribution in [0.5, 0.6) is 0 Å². The Kier molecular flexibility index (Phi) is 6.17. The first-order valence-corrected chi connectivity index (χ1v) is 8.12. The van der Waals surface area contributed by atoms with Gasteiger partial charge in [0.15, 0.2) is 0 Å². The van der Waals surface area contributed by atoms with E-state index in [1.165, 1.54) is 0 Å². The molecule has 5 nitrogen and oxygen atoms in total. The van der Waals surface area contributed by atoms with E-state index in [9.17, 15) is 4.79 Å². The zero-order chi connectivity index (χ0) is 17.1. The fraction of sp³-hybridized carbons (Fsp3) is 0.263. The molecule has 0 aliphatic heterocycles. The van der Waals surface area contributed by atoms with E-state index in [2.05, 4.69) is 24.3 Å². The Bertz CT molecular complexity index is 845. The second-order valence-corrected chi connectivity index (χ2v) is 6.24. The fourth-order valence-electron chi connectivity index (χ4n) is 2.72. The third-order valence-electron chi connectivity index (χ3n) is 3.99. The minimum atomic E-state index is -0.585. The Morgan fingerprint density at radius 1 is 1.20 bits per heavy atom. The summed E-state index contributed by atoms with van der Waals surface area (Å²) in [5.74, 6) is -0.186. The van der Waals surface area contributed by atoms with Gasteiger partial charge in [0.2, 0.25) is 5.91 Å². The standard InChI is InChI=1S/C19H22N4O.ClH/c1-13(2)23-18-11-16(9-8-15(18)12-21-23)22-19(24)17(20)10-14-6-4-3-5-7-14;/h3-9,11-13,17H,10,20H2,1-2H3,(H,22,24);1H/t17-;/m0./s1. The summed E-state index contributed by atoms with van der Waals surface area (Å²) >= 11 is 0. The third-order valence-corrected chi connectivity index (χ3v) is 3.99. The van der Waals surface area contributed by atoms with E-state index in [0.29, 0.717) is 6.42 Å². The van der Waals surface area contributed by atoms with Gasteiger partial charge in [0.05, 0.1) is 17.8 Å². The SMILES string of the molecule is CC(C)n1ncc2ccc(NC(=O)[C@@H](N)Cc3ccccc3)cc21.Cl. The Hall–Kier alpha value is -2.37. The molecular formula is C19H23ClN4O. The van der Waals surface area contributed by atoms with Crippen LogP contribution in [0.2, 0.25) is 0 Å². The molecule has 0 bridgehead atoms. The number of halogens is 1. The molecule has 0 saturated carbocycles. The summed E-state index contributed by atoms with van der Waals surface area (Å²) in [6.45, 7) is 4.15. The van der Waals surface area contributed by atoms with Crippen molar-refractivity contribution in [3.63, 3.8) is 0 Å². The average molecular weight is 359 g/mol. The molecule has 0 saturated heterocycles. The van der Waals surface area contributed by atoms with Crippen LogP contribution in [0.1, 0.15) is 25.5 Å². The molecular weight excluding hydrogens is 336 g/mol. The number of amides is 1. The van der Waals surface area contributed by atoms with Crippen molar-refractivity contribution >= 4 is 34.9 Å². The number of aromatic nitrogens is 2. The van der Waals surface area contributed by atoms with Crippen LogP contribution in [0.3, 0.4) is 0 Å². The van der Waals surface area contributed by atoms with Crippen molar-refractivity contribution in [1.29, 1.82) is 0 Å². The third kappa shape index (κ3) is 4.38. The highest BCUT2D eigenvalue weighted by Crippen LogP contribution is 2.22. The van der Waals surface area contributed by atoms with Crippen molar-refractivity contribution in [1.82, 2.24) is 9.78 Å². The Labute approximate surface area is 153 Å². The van der Waals surface area contributed by atoms with Crippen LogP contribution < -0.4 is 11.1 Å². The molecule has 0 unspecified atom stereocenters. The van der Waals surface area contributed by atoms with Crippen LogP contribution in [0.4, 0.5) is 5.69 Å². The Morgan fingerprint density at radius 3 is 2.60 bits per heavy atom. The van der Waals surface area contributed by atoms with Crippen molar-refractivity contribution < 1.29 is 4.79 Å². The van der Waals surface area contributed by atoms with Gasteiger partial charge in [0.1, 0.15) is 0 Å². The van der Waals surface area contributed by atoms with Crippen LogP contribution in [-0.4, -0.2) is 21.7 Å². The number of nitrogens with two attached hydrogens (primary N) is 1. The molecule has 1 amide bonds. The molecule has 0 aliphatic carbocycles. The van der Waals surface area contributed by atoms with Gasteiger partial charge in [-0.3, -0.25) is 9.48 Å². The van der Waals surface area contributed by atoms with Crippen LogP contribution in [0.25, 0.3) is 10.9 Å². The number of carbonyl (C=O) groups is 1. The maximum Gasteiger partial charge on any atom is 0.241 e. The van der Waals surface area contributed by atoms with Crippen LogP contribution in [0.15, 0.2) is 54.7 Å². The van der Waals surface area contributed by atoms with Crippen LogP contribution >= 0.6 is 12.4 Å². The smallest absolute Gasteiger partial charge is 0.241 e. The lowest BCUT2D eigenvalue weighted by Gasteiger charge is -2.13. The summed E-state index contributed by atoms with van der Waals surface area (Å²) < 4.78 is 1.94. The molecule has 1 atom stereocenters. The molecule has 0 fully saturated rings. The van der Waals surface area contributed by atoms with Crippen molar-refractivity contribution in [2.24, 2.45) is 5.73 Å². The predicted octanol–water partition coefficient (Wildman–Crippen LogP) is 3.55. The summed E-state index contributed by atoms with van der Waals surface area (Å²) in [6, 6.07) is 15.2. The molecule has 1 aromatic heterocycles. The van der Waals surface area contributed by atoms with E-state index in [1.54, 1.807) is 0 Å². The lowest BCUT2D eigenvalue weighted by molar-refractivity contribution is -0.117. The largest absolute Gasteiger partial charge is 0.325 e. The summed E-state index contributed by atoms with van der Waals surface area (Å²) in [6.07, 6.45) is 2.35. The molecule has 0 radical (unpaired) electrons. The number of hydrogen-bond donors (Lipinski definition) is 2. The second kappa shape index (κ2) is 8.14. The molecule has 1 heterocycles. The van der Waals surface area contributed by atoms with E-state index >= 15 is 0 Å². The van der Waals surface area contributed by atoms with Crippen LogP contribution in [-0.2, 0) is 11.2 Å². The highest BCUT2D eigenvalue weighted by Gasteiger charge is 2.15. The van der Waals surface area contributed by atoms with Gasteiger partial charge in [-0.15, -0.1) is 12.4 Å². The number of anilines is 1. The lowest BCUT2D eigenvalue weighted by Crippen LogP contribution is -2.37. The molecule has 0 spiro atoms. The van der Waals surface area contributed by atoms with Gasteiger partial charge in [-0.25, -0.2) is 0 Å². The van der Waals surface area contributed by atoms with E-state index in [-0.39, 0.29) is 24.4 Å². The Balaban J connectivity index is 0.00000225. The van der Waals surface area contributed by atoms with E-state index in [0.717, 1.165) is 22.2 Å². The molecule has 3 aromatic rings. The highest BCUT2D eigenvalue weighted by atomic mass is 35.5. The number of benzene rings is 2. The zero-order valence-corrected chi connectivity index (χ0v) is 15.2. The van der Waals surface area contributed by atoms with Gasteiger partial charge in [-0.05, 0) is 44.0 Å². The van der Waals surface area contributed by atoms with Crippen molar-refractivity contribution in [2.75, 3.05) is 5.32 Å². The number of rotatable bonds is 5. The summed E-state index contributed by atoms with van der Waals surface area (Å²) in [7, 11) is 0. The second-order valence-electron chi connectivity index (χ2n) is 6.24. The molecule has 2 aromatic carbocycles. The molecule has 3 rings (SSSR count). The highest BCUT2D eigenvalue weighted by molar-refractivity contribution is 5.96. The number of nitrogens with one attached hydrogen (secondary N) is 1. The number of nitrogens with zero attached hydrogens (tertiary/aromatic N) is 2. The minimum Gasteiger partial charge on any atom is -0.325 e. The van der Waals surface area contributed by atoms with E-state index in [1.807, 2.05) is 59.4 Å². The fourth-order valence-corrected chi connectivity index (χ4v) is 2.72. The first-order chi connectivity index (χ1) is 11.5. The normalized spacial score (nSPS) is 12.0. The molecule has 132 valence electrons. The summed E-state index contributed by atoms with van der Waals surface area (Å²) in [5, 5.41) is 8.34. The number of carbonyl (C=O) groups excluding carboxylic acids is 1. The molecule has 3 N–H and O–H groups in total. The maximum absolute atomic E-state index is 12.4. The first kappa shape index (κ1) is 19.0. The van der Waals surface area contributed by atoms with E-state index in [4.69, 9.17) is 5.73 Å². The van der Waals surface area contributed by atoms with Crippen molar-refractivity contribution in [2.45, 2.75) is 32.4 Å². The predicted molar refractivity (Wildman–Crippen MR) is 104 cm³/mol. The van der Waals surface area contributed by atoms with Gasteiger partial charge in [-0.2, -0.15) is 5.10 Å². The van der Waals surface area contributed by atoms with Crippen molar-refractivity contribution in [3.05, 3.63) is 60.3 Å². The summed E-state index contributed by atoms with van der Waals surface area (Å²) in [5.41, 5.74) is 8.82. The van der Waals surface area contributed by atoms with Gasteiger partial charge < -0.3 is 11.1 Å². The van der Waals surface area contributed by atoms with Crippen molar-refractivity contribution in [3.8, 4) is 0 Å². The van der Waals surface area contributed by atoms with Crippen LogP contribution in [0, 0.1) is 0 Å². The topological polar surface area (TPSA) is 72.9 Å². The number of hydrogen-bond acceptors (Lipinski definition) is 3.